The zero-order chi connectivity index (χ0) is 13.0. The molecule has 7 heteroatoms. The van der Waals surface area contributed by atoms with E-state index in [9.17, 15) is 15.0 Å². The van der Waals surface area contributed by atoms with Crippen LogP contribution in [0.5, 0.6) is 0 Å². The minimum atomic E-state index is -1.27. The van der Waals surface area contributed by atoms with Crippen LogP contribution in [0.25, 0.3) is 0 Å². The Morgan fingerprint density at radius 2 is 2.06 bits per heavy atom. The smallest absolute Gasteiger partial charge is 0.217 e. The van der Waals surface area contributed by atoms with Crippen molar-refractivity contribution in [3.63, 3.8) is 0 Å². The minimum Gasteiger partial charge on any atom is -0.394 e. The first-order chi connectivity index (χ1) is 8.01. The van der Waals surface area contributed by atoms with E-state index in [1.807, 2.05) is 0 Å². The zero-order valence-electron chi connectivity index (χ0n) is 9.87. The Bertz CT molecular complexity index is 261. The zero-order valence-corrected chi connectivity index (χ0v) is 9.87. The summed E-state index contributed by atoms with van der Waals surface area (Å²) in [6.07, 6.45) is -4.33. The minimum absolute atomic E-state index is 0.321. The number of nitrogens with one attached hydrogen (secondary N) is 1. The predicted octanol–water partition coefficient (Wildman–Crippen LogP) is -2.03. The largest absolute Gasteiger partial charge is 0.394 e. The molecular formula is C10H19NO6. The SMILES string of the molecule is CCO[C@@H]1O[C@H](CO)[C@H](O)[C@H](O)[C@H]1NC(C)=O. The van der Waals surface area contributed by atoms with Crippen molar-refractivity contribution in [1.82, 2.24) is 5.32 Å². The maximum absolute atomic E-state index is 11.0. The molecular weight excluding hydrogens is 230 g/mol. The lowest BCUT2D eigenvalue weighted by atomic mass is 9.97. The van der Waals surface area contributed by atoms with E-state index in [0.29, 0.717) is 6.61 Å². The summed E-state index contributed by atoms with van der Waals surface area (Å²) in [5.41, 5.74) is 0. The van der Waals surface area contributed by atoms with Crippen molar-refractivity contribution < 1.29 is 29.6 Å². The molecule has 7 nitrogen and oxygen atoms in total. The van der Waals surface area contributed by atoms with Gasteiger partial charge in [0, 0.05) is 13.5 Å². The van der Waals surface area contributed by atoms with Crippen LogP contribution >= 0.6 is 0 Å². The molecule has 0 saturated carbocycles. The van der Waals surface area contributed by atoms with Crippen LogP contribution in [-0.2, 0) is 14.3 Å². The molecule has 0 radical (unpaired) electrons. The first kappa shape index (κ1) is 14.3. The molecule has 1 heterocycles. The van der Waals surface area contributed by atoms with Crippen LogP contribution in [0.4, 0.5) is 0 Å². The van der Waals surface area contributed by atoms with Crippen molar-refractivity contribution in [1.29, 1.82) is 0 Å². The van der Waals surface area contributed by atoms with Crippen molar-refractivity contribution in [2.45, 2.75) is 44.5 Å². The monoisotopic (exact) mass is 249 g/mol. The molecule has 0 aromatic carbocycles. The van der Waals surface area contributed by atoms with Crippen molar-refractivity contribution in [2.75, 3.05) is 13.2 Å². The number of carbonyl (C=O) groups excluding carboxylic acids is 1. The molecule has 1 amide bonds. The summed E-state index contributed by atoms with van der Waals surface area (Å²) >= 11 is 0. The quantitative estimate of drug-likeness (QED) is 0.457. The molecule has 1 saturated heterocycles. The molecule has 0 bridgehead atoms. The van der Waals surface area contributed by atoms with E-state index in [-0.39, 0.29) is 5.91 Å². The van der Waals surface area contributed by atoms with Gasteiger partial charge in [-0.1, -0.05) is 0 Å². The molecule has 0 unspecified atom stereocenters. The molecule has 0 aromatic heterocycles. The molecule has 4 N–H and O–H groups in total. The number of amides is 1. The third kappa shape index (κ3) is 3.36. The summed E-state index contributed by atoms with van der Waals surface area (Å²) in [7, 11) is 0. The van der Waals surface area contributed by atoms with Crippen LogP contribution < -0.4 is 5.32 Å². The topological polar surface area (TPSA) is 108 Å². The van der Waals surface area contributed by atoms with Crippen molar-refractivity contribution >= 4 is 5.91 Å². The lowest BCUT2D eigenvalue weighted by Gasteiger charge is -2.42. The van der Waals surface area contributed by atoms with E-state index in [4.69, 9.17) is 14.6 Å². The molecule has 17 heavy (non-hydrogen) atoms. The predicted molar refractivity (Wildman–Crippen MR) is 57.0 cm³/mol. The maximum Gasteiger partial charge on any atom is 0.217 e. The van der Waals surface area contributed by atoms with Gasteiger partial charge in [-0.25, -0.2) is 0 Å². The van der Waals surface area contributed by atoms with E-state index < -0.39 is 37.3 Å². The van der Waals surface area contributed by atoms with Crippen LogP contribution in [0.15, 0.2) is 0 Å². The Morgan fingerprint density at radius 3 is 2.53 bits per heavy atom. The van der Waals surface area contributed by atoms with Gasteiger partial charge in [0.05, 0.1) is 6.61 Å². The van der Waals surface area contributed by atoms with Crippen LogP contribution in [0.3, 0.4) is 0 Å². The van der Waals surface area contributed by atoms with Gasteiger partial charge < -0.3 is 30.1 Å². The fourth-order valence-corrected chi connectivity index (χ4v) is 1.78. The Labute approximate surface area is 99.3 Å². The summed E-state index contributed by atoms with van der Waals surface area (Å²) in [6, 6.07) is -0.856. The number of carbonyl (C=O) groups is 1. The van der Waals surface area contributed by atoms with E-state index in [0.717, 1.165) is 0 Å². The number of rotatable bonds is 4. The number of hydrogen-bond donors (Lipinski definition) is 4. The second-order valence-electron chi connectivity index (χ2n) is 3.89. The van der Waals surface area contributed by atoms with E-state index in [2.05, 4.69) is 5.32 Å². The van der Waals surface area contributed by atoms with Crippen molar-refractivity contribution in [2.24, 2.45) is 0 Å². The number of aliphatic hydroxyl groups excluding tert-OH is 3. The highest BCUT2D eigenvalue weighted by Crippen LogP contribution is 2.21. The van der Waals surface area contributed by atoms with E-state index >= 15 is 0 Å². The van der Waals surface area contributed by atoms with Crippen molar-refractivity contribution in [3.05, 3.63) is 0 Å². The molecule has 0 aliphatic carbocycles. The maximum atomic E-state index is 11.0. The van der Waals surface area contributed by atoms with Gasteiger partial charge in [-0.3, -0.25) is 4.79 Å². The standard InChI is InChI=1S/C10H19NO6/c1-3-16-10-7(11-5(2)13)9(15)8(14)6(4-12)17-10/h6-10,12,14-15H,3-4H2,1-2H3,(H,11,13)/t6-,7-,8+,9-,10-/m1/s1. The fraction of sp³-hybridized carbons (Fsp3) is 0.900. The highest BCUT2D eigenvalue weighted by Gasteiger charge is 2.45. The van der Waals surface area contributed by atoms with Crippen LogP contribution in [-0.4, -0.2) is 65.1 Å². The van der Waals surface area contributed by atoms with Gasteiger partial charge in [0.2, 0.25) is 5.91 Å². The van der Waals surface area contributed by atoms with Crippen LogP contribution in [0.1, 0.15) is 13.8 Å². The third-order valence-corrected chi connectivity index (χ3v) is 2.58. The summed E-state index contributed by atoms with van der Waals surface area (Å²) in [4.78, 5) is 11.0. The first-order valence-electron chi connectivity index (χ1n) is 5.52. The van der Waals surface area contributed by atoms with Gasteiger partial charge in [-0.05, 0) is 6.92 Å². The lowest BCUT2D eigenvalue weighted by molar-refractivity contribution is -0.268. The molecule has 100 valence electrons. The third-order valence-electron chi connectivity index (χ3n) is 2.58. The summed E-state index contributed by atoms with van der Waals surface area (Å²) < 4.78 is 10.5. The van der Waals surface area contributed by atoms with Crippen LogP contribution in [0.2, 0.25) is 0 Å². The normalized spacial score (nSPS) is 37.8. The van der Waals surface area contributed by atoms with Crippen LogP contribution in [0, 0.1) is 0 Å². The Balaban J connectivity index is 2.78. The lowest BCUT2D eigenvalue weighted by Crippen LogP contribution is -2.64. The summed E-state index contributed by atoms with van der Waals surface area (Å²) in [5, 5.41) is 31.0. The molecule has 1 aliphatic rings. The second kappa shape index (κ2) is 6.27. The van der Waals surface area contributed by atoms with E-state index in [1.54, 1.807) is 6.92 Å². The first-order valence-corrected chi connectivity index (χ1v) is 5.52. The average Bonchev–Trinajstić information content (AvgIpc) is 2.28. The molecule has 5 atom stereocenters. The highest BCUT2D eigenvalue weighted by molar-refractivity contribution is 5.73. The molecule has 0 aromatic rings. The van der Waals surface area contributed by atoms with Gasteiger partial charge in [0.15, 0.2) is 6.29 Å². The van der Waals surface area contributed by atoms with Gasteiger partial charge in [-0.15, -0.1) is 0 Å². The van der Waals surface area contributed by atoms with E-state index in [1.165, 1.54) is 6.92 Å². The van der Waals surface area contributed by atoms with Gasteiger partial charge in [0.25, 0.3) is 0 Å². The van der Waals surface area contributed by atoms with Gasteiger partial charge in [-0.2, -0.15) is 0 Å². The highest BCUT2D eigenvalue weighted by atomic mass is 16.7. The fourth-order valence-electron chi connectivity index (χ4n) is 1.78. The average molecular weight is 249 g/mol. The summed E-state index contributed by atoms with van der Waals surface area (Å²) in [6.45, 7) is 2.91. The Hall–Kier alpha value is -0.730. The number of ether oxygens (including phenoxy) is 2. The Morgan fingerprint density at radius 1 is 1.41 bits per heavy atom. The van der Waals surface area contributed by atoms with Gasteiger partial charge >= 0.3 is 0 Å². The van der Waals surface area contributed by atoms with Gasteiger partial charge in [0.1, 0.15) is 24.4 Å². The molecule has 1 fully saturated rings. The molecule has 0 spiro atoms. The second-order valence-corrected chi connectivity index (χ2v) is 3.89. The number of aliphatic hydroxyl groups is 3. The summed E-state index contributed by atoms with van der Waals surface area (Å²) in [5.74, 6) is -0.364. The Kier molecular flexibility index (Phi) is 5.29. The van der Waals surface area contributed by atoms with Crippen molar-refractivity contribution in [3.8, 4) is 0 Å². The number of hydrogen-bond acceptors (Lipinski definition) is 6. The molecule has 1 rings (SSSR count). The molecule has 1 aliphatic heterocycles.